The summed E-state index contributed by atoms with van der Waals surface area (Å²) in [4.78, 5) is 52.1. The van der Waals surface area contributed by atoms with Crippen LogP contribution in [0.25, 0.3) is 0 Å². The van der Waals surface area contributed by atoms with Crippen LogP contribution in [0.15, 0.2) is 38.8 Å². The average molecular weight is 799 g/mol. The molecule has 0 saturated heterocycles. The monoisotopic (exact) mass is 797 g/mol. The molecule has 1 amide bonds. The highest BCUT2D eigenvalue weighted by atomic mass is 35.5. The number of allylic oxidation sites excluding steroid dienone is 1. The van der Waals surface area contributed by atoms with E-state index in [1.807, 2.05) is 0 Å². The number of fused-ring (bicyclic) bond motifs is 1. The summed E-state index contributed by atoms with van der Waals surface area (Å²) >= 11 is 12.9. The smallest absolute Gasteiger partial charge is 0.347 e. The molecule has 1 aromatic heterocycles. The summed E-state index contributed by atoms with van der Waals surface area (Å²) in [5, 5.41) is 5.08. The second-order valence-electron chi connectivity index (χ2n) is 10.8. The van der Waals surface area contributed by atoms with Crippen molar-refractivity contribution in [3.05, 3.63) is 51.5 Å². The van der Waals surface area contributed by atoms with Crippen LogP contribution in [0.1, 0.15) is 55.6 Å². The first-order valence-corrected chi connectivity index (χ1v) is 19.6. The maximum Gasteiger partial charge on any atom is 0.347 e. The number of amides is 1. The van der Waals surface area contributed by atoms with Crippen LogP contribution in [-0.4, -0.2) is 102 Å². The molecule has 2 heterocycles. The van der Waals surface area contributed by atoms with Gasteiger partial charge in [-0.2, -0.15) is 4.31 Å². The van der Waals surface area contributed by atoms with E-state index in [4.69, 9.17) is 47.3 Å². The first kappa shape index (κ1) is 41.3. The number of esters is 2. The van der Waals surface area contributed by atoms with Gasteiger partial charge < -0.3 is 23.8 Å². The number of likely N-dealkylation sites (N-methyl/N-ethyl adjacent to an activating group) is 1. The van der Waals surface area contributed by atoms with Crippen LogP contribution >= 0.6 is 34.5 Å². The Bertz CT molecular complexity index is 1860. The zero-order chi connectivity index (χ0) is 37.6. The van der Waals surface area contributed by atoms with E-state index in [9.17, 15) is 36.0 Å². The third kappa shape index (κ3) is 9.61. The third-order valence-electron chi connectivity index (χ3n) is 7.45. The lowest BCUT2D eigenvalue weighted by Crippen LogP contribution is -2.48. The molecule has 50 heavy (non-hydrogen) atoms. The number of nitrogens with two attached hydrogens (primary N) is 1. The Balaban J connectivity index is 1.66. The Morgan fingerprint density at radius 3 is 2.44 bits per heavy atom. The number of halogens is 2. The van der Waals surface area contributed by atoms with Gasteiger partial charge in [0.1, 0.15) is 19.2 Å². The Labute approximate surface area is 304 Å². The summed E-state index contributed by atoms with van der Waals surface area (Å²) in [5.74, 6) is -3.20. The van der Waals surface area contributed by atoms with Gasteiger partial charge in [-0.1, -0.05) is 36.7 Å². The molecule has 276 valence electrons. The number of hydrogen-bond donors (Lipinski definition) is 1. The van der Waals surface area contributed by atoms with E-state index in [0.29, 0.717) is 29.8 Å². The highest BCUT2D eigenvalue weighted by molar-refractivity contribution is 7.94. The molecule has 1 unspecified atom stereocenters. The predicted octanol–water partition coefficient (Wildman–Crippen LogP) is 3.34. The molecule has 1 aliphatic heterocycles. The van der Waals surface area contributed by atoms with Crippen molar-refractivity contribution in [3.63, 3.8) is 0 Å². The van der Waals surface area contributed by atoms with Gasteiger partial charge in [-0.3, -0.25) is 9.59 Å². The SMILES string of the molecule is C=C(CC)C(=O)c1ccc(OCC(=O)OC(C)C(=O)OCC(=O)N(CC)[C@H]2CN(CCCOC)S(=O)(=O)c3sc(S(N)(=O)=O)cc32)c(Cl)c1Cl. The van der Waals surface area contributed by atoms with Gasteiger partial charge in [0.25, 0.3) is 15.9 Å². The number of hydrogen-bond acceptors (Lipinski definition) is 13. The summed E-state index contributed by atoms with van der Waals surface area (Å²) in [6.07, 6.45) is -0.733. The van der Waals surface area contributed by atoms with Gasteiger partial charge in [-0.15, -0.1) is 11.3 Å². The topological polar surface area (TPSA) is 206 Å². The fourth-order valence-corrected chi connectivity index (χ4v) is 9.55. The van der Waals surface area contributed by atoms with E-state index in [0.717, 1.165) is 10.4 Å². The lowest BCUT2D eigenvalue weighted by Gasteiger charge is -2.38. The summed E-state index contributed by atoms with van der Waals surface area (Å²) in [6.45, 7) is 6.89. The number of Topliss-reactive ketones (excluding diaryl/α,β-unsaturated/α-hetero) is 1. The van der Waals surface area contributed by atoms with Gasteiger partial charge in [0.05, 0.1) is 11.1 Å². The number of primary sulfonamides is 1. The lowest BCUT2D eigenvalue weighted by atomic mass is 10.0. The Morgan fingerprint density at radius 1 is 1.16 bits per heavy atom. The molecule has 3 rings (SSSR count). The number of rotatable bonds is 17. The molecule has 2 N–H and O–H groups in total. The molecule has 15 nitrogen and oxygen atoms in total. The second kappa shape index (κ2) is 17.4. The number of sulfonamides is 2. The Kier molecular flexibility index (Phi) is 14.4. The van der Waals surface area contributed by atoms with E-state index >= 15 is 0 Å². The van der Waals surface area contributed by atoms with E-state index in [1.54, 1.807) is 13.8 Å². The largest absolute Gasteiger partial charge is 0.480 e. The van der Waals surface area contributed by atoms with Crippen LogP contribution in [0, 0.1) is 0 Å². The first-order valence-electron chi connectivity index (χ1n) is 15.0. The fourth-order valence-electron chi connectivity index (χ4n) is 4.80. The van der Waals surface area contributed by atoms with Crippen LogP contribution in [0.5, 0.6) is 5.75 Å². The van der Waals surface area contributed by atoms with Crippen molar-refractivity contribution in [1.82, 2.24) is 9.21 Å². The number of nitrogens with zero attached hydrogens (tertiary/aromatic N) is 2. The summed E-state index contributed by atoms with van der Waals surface area (Å²) < 4.78 is 72.0. The van der Waals surface area contributed by atoms with Crippen molar-refractivity contribution in [1.29, 1.82) is 0 Å². The lowest BCUT2D eigenvalue weighted by molar-refractivity contribution is -0.170. The number of carbonyl (C=O) groups excluding carboxylic acids is 4. The maximum absolute atomic E-state index is 13.4. The second-order valence-corrected chi connectivity index (χ2v) is 16.5. The minimum atomic E-state index is -4.27. The van der Waals surface area contributed by atoms with Crippen LogP contribution in [-0.2, 0) is 48.6 Å². The minimum Gasteiger partial charge on any atom is -0.480 e. The van der Waals surface area contributed by atoms with Gasteiger partial charge >= 0.3 is 11.9 Å². The zero-order valence-corrected chi connectivity index (χ0v) is 31.6. The molecular formula is C30H37Cl2N3O12S3. The number of benzene rings is 1. The van der Waals surface area contributed by atoms with Crippen LogP contribution in [0.3, 0.4) is 0 Å². The van der Waals surface area contributed by atoms with Crippen molar-refractivity contribution in [2.45, 2.75) is 54.2 Å². The summed E-state index contributed by atoms with van der Waals surface area (Å²) in [7, 11) is -6.94. The third-order valence-corrected chi connectivity index (χ3v) is 13.3. The van der Waals surface area contributed by atoms with E-state index in [2.05, 4.69) is 6.58 Å². The molecule has 0 bridgehead atoms. The Hall–Kier alpha value is -3.10. The molecule has 1 aliphatic rings. The van der Waals surface area contributed by atoms with Crippen molar-refractivity contribution >= 4 is 78.2 Å². The minimum absolute atomic E-state index is 0.0227. The highest BCUT2D eigenvalue weighted by Crippen LogP contribution is 2.42. The van der Waals surface area contributed by atoms with Gasteiger partial charge in [0.2, 0.25) is 10.0 Å². The fraction of sp³-hybridized carbons (Fsp3) is 0.467. The highest BCUT2D eigenvalue weighted by Gasteiger charge is 2.43. The van der Waals surface area contributed by atoms with Crippen LogP contribution in [0.2, 0.25) is 10.0 Å². The molecule has 0 aliphatic carbocycles. The molecule has 0 saturated carbocycles. The summed E-state index contributed by atoms with van der Waals surface area (Å²) in [5.41, 5.74) is 0.508. The molecule has 2 aromatic rings. The maximum atomic E-state index is 13.4. The molecule has 0 spiro atoms. The van der Waals surface area contributed by atoms with E-state index in [-0.39, 0.29) is 61.6 Å². The zero-order valence-electron chi connectivity index (χ0n) is 27.6. The van der Waals surface area contributed by atoms with Gasteiger partial charge in [0.15, 0.2) is 25.1 Å². The first-order chi connectivity index (χ1) is 23.4. The molecule has 0 fully saturated rings. The van der Waals surface area contributed by atoms with Gasteiger partial charge in [-0.25, -0.2) is 31.6 Å². The molecule has 2 atom stereocenters. The van der Waals surface area contributed by atoms with Crippen molar-refractivity contribution in [3.8, 4) is 5.75 Å². The summed E-state index contributed by atoms with van der Waals surface area (Å²) in [6, 6.07) is 2.91. The number of ketones is 1. The van der Waals surface area contributed by atoms with Gasteiger partial charge in [0, 0.05) is 44.5 Å². The molecule has 1 aromatic carbocycles. The van der Waals surface area contributed by atoms with Crippen molar-refractivity contribution < 1.29 is 55.0 Å². The average Bonchev–Trinajstić information content (AvgIpc) is 3.54. The number of carbonyl (C=O) groups is 4. The van der Waals surface area contributed by atoms with E-state index < -0.39 is 69.0 Å². The van der Waals surface area contributed by atoms with Crippen LogP contribution in [0.4, 0.5) is 0 Å². The van der Waals surface area contributed by atoms with Crippen molar-refractivity contribution in [2.24, 2.45) is 5.14 Å². The molecule has 0 radical (unpaired) electrons. The van der Waals surface area contributed by atoms with Gasteiger partial charge in [-0.05, 0) is 50.5 Å². The number of ether oxygens (including phenoxy) is 4. The van der Waals surface area contributed by atoms with E-state index in [1.165, 1.54) is 31.1 Å². The standard InChI is InChI=1S/C30H37Cl2N3O12S3/c1-6-17(3)28(38)19-9-10-22(27(32)26(19)31)45-16-24(37)47-18(4)29(39)46-15-23(36)35(7-2)21-14-34(11-8-12-44-5)50(42,43)30-20(21)13-25(48-30)49(33,40)41/h9-10,13,18,21H,3,6-8,11-12,14-16H2,1-2,4-5H3,(H2,33,40,41)/t18?,21-/m0/s1. The number of thiophene rings is 1. The van der Waals surface area contributed by atoms with Crippen molar-refractivity contribution in [2.75, 3.05) is 46.6 Å². The predicted molar refractivity (Wildman–Crippen MR) is 183 cm³/mol. The van der Waals surface area contributed by atoms with Crippen LogP contribution < -0.4 is 9.88 Å². The molecule has 20 heteroatoms. The Morgan fingerprint density at radius 2 is 1.84 bits per heavy atom. The quantitative estimate of drug-likeness (QED) is 0.106. The normalized spacial score (nSPS) is 16.2. The number of methoxy groups -OCH3 is 1. The molecular weight excluding hydrogens is 761 g/mol.